The van der Waals surface area contributed by atoms with E-state index in [9.17, 15) is 0 Å². The van der Waals surface area contributed by atoms with Crippen LogP contribution in [-0.2, 0) is 6.42 Å². The SMILES string of the molecule is CC1C=NC2=C(CCc3cc(Cl)ccc3C2=C2CCN(CCCCCCC3CN=CN3)CC2)C1. The van der Waals surface area contributed by atoms with Crippen molar-refractivity contribution in [2.45, 2.75) is 77.2 Å². The van der Waals surface area contributed by atoms with E-state index in [1.54, 1.807) is 11.1 Å². The smallest absolute Gasteiger partial charge is 0.0827 e. The van der Waals surface area contributed by atoms with Gasteiger partial charge in [-0.05, 0) is 86.2 Å². The standard InChI is InChI=1S/C29H39ClN4/c1-21-16-24-8-7-23-17-25(30)9-10-27(23)28(29(24)32-18-21)22-11-14-34(15-12-22)13-5-3-2-4-6-26-19-31-20-33-26/h9-10,17-18,20-21,26H,2-8,11-16,19H2,1H3,(H,31,33). The molecule has 1 fully saturated rings. The molecule has 5 heteroatoms. The van der Waals surface area contributed by atoms with E-state index in [4.69, 9.17) is 16.6 Å². The molecule has 0 bridgehead atoms. The molecule has 0 amide bonds. The molecule has 1 N–H and O–H groups in total. The summed E-state index contributed by atoms with van der Waals surface area (Å²) in [4.78, 5) is 12.0. The normalized spacial score (nSPS) is 24.8. The Labute approximate surface area is 210 Å². The first-order chi connectivity index (χ1) is 16.7. The van der Waals surface area contributed by atoms with Gasteiger partial charge in [0.2, 0.25) is 0 Å². The molecule has 1 aromatic rings. The minimum atomic E-state index is 0.541. The maximum absolute atomic E-state index is 6.40. The average molecular weight is 479 g/mol. The number of piperidine rings is 1. The Morgan fingerprint density at radius 2 is 1.88 bits per heavy atom. The molecule has 182 valence electrons. The van der Waals surface area contributed by atoms with E-state index in [1.807, 2.05) is 6.34 Å². The number of allylic oxidation sites excluding steroid dienone is 2. The molecule has 3 aliphatic heterocycles. The lowest BCUT2D eigenvalue weighted by molar-refractivity contribution is 0.250. The topological polar surface area (TPSA) is 40.0 Å². The van der Waals surface area contributed by atoms with Crippen LogP contribution in [-0.4, -0.2) is 49.7 Å². The molecule has 5 rings (SSSR count). The molecule has 2 atom stereocenters. The third-order valence-electron chi connectivity index (χ3n) is 7.95. The summed E-state index contributed by atoms with van der Waals surface area (Å²) in [7, 11) is 0. The number of fused-ring (bicyclic) bond motifs is 1. The summed E-state index contributed by atoms with van der Waals surface area (Å²) < 4.78 is 0. The summed E-state index contributed by atoms with van der Waals surface area (Å²) in [5.74, 6) is 0.541. The molecule has 2 unspecified atom stereocenters. The molecular weight excluding hydrogens is 440 g/mol. The fourth-order valence-electron chi connectivity index (χ4n) is 6.02. The second kappa shape index (κ2) is 11.2. The van der Waals surface area contributed by atoms with Crippen LogP contribution in [0.5, 0.6) is 0 Å². The van der Waals surface area contributed by atoms with Crippen LogP contribution in [0, 0.1) is 5.92 Å². The van der Waals surface area contributed by atoms with E-state index in [-0.39, 0.29) is 0 Å². The highest BCUT2D eigenvalue weighted by molar-refractivity contribution is 6.30. The van der Waals surface area contributed by atoms with Gasteiger partial charge in [0.25, 0.3) is 0 Å². The van der Waals surface area contributed by atoms with Crippen molar-refractivity contribution in [1.29, 1.82) is 0 Å². The first-order valence-electron chi connectivity index (χ1n) is 13.4. The van der Waals surface area contributed by atoms with Crippen LogP contribution in [0.2, 0.25) is 5.02 Å². The van der Waals surface area contributed by atoms with Crippen LogP contribution in [0.15, 0.2) is 45.0 Å². The maximum Gasteiger partial charge on any atom is 0.0827 e. The molecule has 4 aliphatic rings. The highest BCUT2D eigenvalue weighted by Gasteiger charge is 2.27. The molecule has 1 aromatic carbocycles. The van der Waals surface area contributed by atoms with Crippen LogP contribution in [0.25, 0.3) is 5.57 Å². The number of rotatable bonds is 7. The van der Waals surface area contributed by atoms with Crippen molar-refractivity contribution in [3.8, 4) is 0 Å². The van der Waals surface area contributed by atoms with Crippen molar-refractivity contribution in [3.63, 3.8) is 0 Å². The van der Waals surface area contributed by atoms with Gasteiger partial charge >= 0.3 is 0 Å². The van der Waals surface area contributed by atoms with Crippen molar-refractivity contribution in [2.75, 3.05) is 26.2 Å². The van der Waals surface area contributed by atoms with Crippen molar-refractivity contribution in [1.82, 2.24) is 10.2 Å². The number of hydrogen-bond acceptors (Lipinski definition) is 4. The molecule has 1 saturated heterocycles. The quantitative estimate of drug-likeness (QED) is 0.457. The predicted molar refractivity (Wildman–Crippen MR) is 145 cm³/mol. The van der Waals surface area contributed by atoms with Crippen LogP contribution >= 0.6 is 11.6 Å². The van der Waals surface area contributed by atoms with Crippen molar-refractivity contribution in [3.05, 3.63) is 51.2 Å². The third kappa shape index (κ3) is 5.66. The predicted octanol–water partition coefficient (Wildman–Crippen LogP) is 6.45. The summed E-state index contributed by atoms with van der Waals surface area (Å²) >= 11 is 6.40. The van der Waals surface area contributed by atoms with Gasteiger partial charge in [-0.2, -0.15) is 0 Å². The first-order valence-corrected chi connectivity index (χ1v) is 13.8. The highest BCUT2D eigenvalue weighted by atomic mass is 35.5. The van der Waals surface area contributed by atoms with Gasteiger partial charge in [0, 0.05) is 35.9 Å². The van der Waals surface area contributed by atoms with Gasteiger partial charge in [-0.1, -0.05) is 49.4 Å². The lowest BCUT2D eigenvalue weighted by atomic mass is 9.87. The van der Waals surface area contributed by atoms with E-state index < -0.39 is 0 Å². The summed E-state index contributed by atoms with van der Waals surface area (Å²) in [5, 5.41) is 4.19. The first kappa shape index (κ1) is 23.8. The van der Waals surface area contributed by atoms with E-state index in [0.717, 1.165) is 43.7 Å². The molecule has 0 aromatic heterocycles. The summed E-state index contributed by atoms with van der Waals surface area (Å²) in [5.41, 5.74) is 8.65. The van der Waals surface area contributed by atoms with Gasteiger partial charge < -0.3 is 10.2 Å². The van der Waals surface area contributed by atoms with Gasteiger partial charge in [0.05, 0.1) is 18.6 Å². The highest BCUT2D eigenvalue weighted by Crippen LogP contribution is 2.43. The average Bonchev–Trinajstić information content (AvgIpc) is 3.31. The number of aliphatic imine (C=N–C) groups is 2. The largest absolute Gasteiger partial charge is 0.372 e. The van der Waals surface area contributed by atoms with Crippen LogP contribution in [0.3, 0.4) is 0 Å². The Morgan fingerprint density at radius 3 is 2.71 bits per heavy atom. The van der Waals surface area contributed by atoms with E-state index in [1.165, 1.54) is 74.1 Å². The zero-order valence-electron chi connectivity index (χ0n) is 20.7. The van der Waals surface area contributed by atoms with Gasteiger partial charge in [-0.3, -0.25) is 9.98 Å². The second-order valence-electron chi connectivity index (χ2n) is 10.6. The summed E-state index contributed by atoms with van der Waals surface area (Å²) in [6.07, 6.45) is 16.3. The lowest BCUT2D eigenvalue weighted by Crippen LogP contribution is -2.32. The molecule has 0 radical (unpaired) electrons. The van der Waals surface area contributed by atoms with Gasteiger partial charge in [-0.25, -0.2) is 0 Å². The summed E-state index contributed by atoms with van der Waals surface area (Å²) in [6.45, 7) is 6.84. The second-order valence-corrected chi connectivity index (χ2v) is 11.0. The number of unbranched alkanes of at least 4 members (excludes halogenated alkanes) is 3. The van der Waals surface area contributed by atoms with Crippen molar-refractivity contribution in [2.24, 2.45) is 15.9 Å². The Kier molecular flexibility index (Phi) is 7.86. The van der Waals surface area contributed by atoms with E-state index >= 15 is 0 Å². The summed E-state index contributed by atoms with van der Waals surface area (Å²) in [6, 6.07) is 7.09. The Morgan fingerprint density at radius 1 is 1.03 bits per heavy atom. The van der Waals surface area contributed by atoms with Crippen LogP contribution in [0.1, 0.15) is 75.8 Å². The number of nitrogens with one attached hydrogen (secondary N) is 1. The molecule has 4 nitrogen and oxygen atoms in total. The molecule has 0 spiro atoms. The molecular formula is C29H39ClN4. The third-order valence-corrected chi connectivity index (χ3v) is 8.18. The Balaban J connectivity index is 1.20. The number of hydrogen-bond donors (Lipinski definition) is 1. The fourth-order valence-corrected chi connectivity index (χ4v) is 6.21. The van der Waals surface area contributed by atoms with E-state index in [2.05, 4.69) is 46.5 Å². The monoisotopic (exact) mass is 478 g/mol. The van der Waals surface area contributed by atoms with Crippen molar-refractivity contribution >= 4 is 29.7 Å². The van der Waals surface area contributed by atoms with Crippen LogP contribution < -0.4 is 5.32 Å². The number of halogens is 1. The van der Waals surface area contributed by atoms with Gasteiger partial charge in [-0.15, -0.1) is 0 Å². The molecule has 1 aliphatic carbocycles. The van der Waals surface area contributed by atoms with Gasteiger partial charge in [0.1, 0.15) is 0 Å². The minimum absolute atomic E-state index is 0.541. The number of benzene rings is 1. The molecule has 34 heavy (non-hydrogen) atoms. The fraction of sp³-hybridized carbons (Fsp3) is 0.586. The number of likely N-dealkylation sites (tertiary alicyclic amines) is 1. The van der Waals surface area contributed by atoms with Crippen LogP contribution in [0.4, 0.5) is 0 Å². The molecule has 0 saturated carbocycles. The Bertz CT molecular complexity index is 987. The minimum Gasteiger partial charge on any atom is -0.372 e. The number of aryl methyl sites for hydroxylation is 1. The zero-order chi connectivity index (χ0) is 23.3. The Hall–Kier alpha value is -1.91. The van der Waals surface area contributed by atoms with E-state index in [0.29, 0.717) is 12.0 Å². The zero-order valence-corrected chi connectivity index (χ0v) is 21.4. The lowest BCUT2D eigenvalue weighted by Gasteiger charge is -2.31. The van der Waals surface area contributed by atoms with Gasteiger partial charge in [0.15, 0.2) is 0 Å². The number of nitrogens with zero attached hydrogens (tertiary/aromatic N) is 3. The maximum atomic E-state index is 6.40. The molecule has 3 heterocycles. The van der Waals surface area contributed by atoms with Crippen molar-refractivity contribution < 1.29 is 0 Å².